The lowest BCUT2D eigenvalue weighted by Crippen LogP contribution is -2.28. The third-order valence-electron chi connectivity index (χ3n) is 5.01. The summed E-state index contributed by atoms with van der Waals surface area (Å²) in [6, 6.07) is 13.0. The zero-order chi connectivity index (χ0) is 24.5. The number of fused-ring (bicyclic) bond motifs is 1. The molecule has 4 rings (SSSR count). The number of nitrogens with zero attached hydrogens (tertiary/aromatic N) is 2. The predicted molar refractivity (Wildman–Crippen MR) is 131 cm³/mol. The van der Waals surface area contributed by atoms with Crippen LogP contribution in [0.5, 0.6) is 11.6 Å². The number of hydrogen-bond acceptors (Lipinski definition) is 7. The molecule has 0 fully saturated rings. The molecule has 1 unspecified atom stereocenters. The summed E-state index contributed by atoms with van der Waals surface area (Å²) >= 11 is 1.37. The number of thiazole rings is 1. The summed E-state index contributed by atoms with van der Waals surface area (Å²) in [4.78, 5) is 21.7. The second-order valence-electron chi connectivity index (χ2n) is 7.41. The van der Waals surface area contributed by atoms with E-state index in [9.17, 15) is 13.6 Å². The van der Waals surface area contributed by atoms with Gasteiger partial charge >= 0.3 is 5.85 Å². The molecule has 0 saturated heterocycles. The van der Waals surface area contributed by atoms with Crippen LogP contribution in [-0.4, -0.2) is 28.8 Å². The molecule has 34 heavy (non-hydrogen) atoms. The van der Waals surface area contributed by atoms with Crippen molar-refractivity contribution in [3.63, 3.8) is 0 Å². The van der Waals surface area contributed by atoms with E-state index in [2.05, 4.69) is 15.3 Å². The number of aromatic nitrogens is 2. The molecule has 4 aromatic rings. The molecule has 1 amide bonds. The number of nitrogens with one attached hydrogen (secondary N) is 1. The minimum atomic E-state index is -3.44. The van der Waals surface area contributed by atoms with Crippen LogP contribution >= 0.6 is 20.6 Å². The number of halogens is 2. The van der Waals surface area contributed by atoms with Gasteiger partial charge in [0, 0.05) is 17.3 Å². The Labute approximate surface area is 200 Å². The molecule has 2 aromatic carbocycles. The van der Waals surface area contributed by atoms with Crippen molar-refractivity contribution in [1.82, 2.24) is 15.3 Å². The fraction of sp³-hybridized carbons (Fsp3) is 0.174. The van der Waals surface area contributed by atoms with Gasteiger partial charge in [-0.3, -0.25) is 4.79 Å². The first kappa shape index (κ1) is 23.8. The van der Waals surface area contributed by atoms with Crippen molar-refractivity contribution in [2.24, 2.45) is 0 Å². The second kappa shape index (κ2) is 9.48. The van der Waals surface area contributed by atoms with Crippen molar-refractivity contribution in [3.8, 4) is 22.8 Å². The van der Waals surface area contributed by atoms with Gasteiger partial charge in [-0.2, -0.15) is 8.78 Å². The van der Waals surface area contributed by atoms with Gasteiger partial charge in [-0.25, -0.2) is 9.97 Å². The molecule has 0 bridgehead atoms. The number of anilines is 1. The fourth-order valence-corrected chi connectivity index (χ4v) is 4.39. The Morgan fingerprint density at radius 1 is 1.21 bits per heavy atom. The molecule has 7 nitrogen and oxygen atoms in total. The highest BCUT2D eigenvalue weighted by molar-refractivity contribution is 7.22. The van der Waals surface area contributed by atoms with Gasteiger partial charge in [0.25, 0.3) is 5.91 Å². The SMILES string of the molecule is COc1ncc(-c2ccc3nc(N)sc3c2)cc1C(=O)N[C@@H](C)c1ccccc1OC(F)(F)P. The Morgan fingerprint density at radius 3 is 2.71 bits per heavy atom. The summed E-state index contributed by atoms with van der Waals surface area (Å²) in [5.41, 5.74) is 8.70. The molecule has 0 radical (unpaired) electrons. The van der Waals surface area contributed by atoms with Gasteiger partial charge in [-0.05, 0) is 46.0 Å². The average molecular weight is 502 g/mol. The van der Waals surface area contributed by atoms with Gasteiger partial charge < -0.3 is 20.5 Å². The number of amides is 1. The van der Waals surface area contributed by atoms with Gasteiger partial charge in [0.05, 0.1) is 23.4 Å². The van der Waals surface area contributed by atoms with E-state index < -0.39 is 17.8 Å². The number of pyridine rings is 1. The summed E-state index contributed by atoms with van der Waals surface area (Å²) in [5.74, 6) is -3.82. The van der Waals surface area contributed by atoms with Crippen LogP contribution in [0.2, 0.25) is 0 Å². The van der Waals surface area contributed by atoms with Gasteiger partial charge in [-0.15, -0.1) is 0 Å². The average Bonchev–Trinajstić information content (AvgIpc) is 3.17. The van der Waals surface area contributed by atoms with E-state index >= 15 is 0 Å². The molecule has 3 N–H and O–H groups in total. The van der Waals surface area contributed by atoms with Gasteiger partial charge in [-0.1, -0.05) is 35.6 Å². The highest BCUT2D eigenvalue weighted by Gasteiger charge is 2.26. The normalized spacial score (nSPS) is 12.4. The highest BCUT2D eigenvalue weighted by Crippen LogP contribution is 2.34. The van der Waals surface area contributed by atoms with Crippen LogP contribution in [0.3, 0.4) is 0 Å². The Balaban J connectivity index is 1.63. The van der Waals surface area contributed by atoms with Crippen LogP contribution in [0.4, 0.5) is 13.9 Å². The van der Waals surface area contributed by atoms with Gasteiger partial charge in [0.2, 0.25) is 5.88 Å². The molecule has 0 aliphatic rings. The van der Waals surface area contributed by atoms with Crippen molar-refractivity contribution in [2.75, 3.05) is 12.8 Å². The van der Waals surface area contributed by atoms with Crippen LogP contribution in [0.1, 0.15) is 28.9 Å². The Morgan fingerprint density at radius 2 is 1.97 bits per heavy atom. The number of nitrogens with two attached hydrogens (primary N) is 1. The Kier molecular flexibility index (Phi) is 6.63. The van der Waals surface area contributed by atoms with Crippen molar-refractivity contribution >= 4 is 41.8 Å². The first-order chi connectivity index (χ1) is 16.1. The lowest BCUT2D eigenvalue weighted by atomic mass is 10.0. The zero-order valence-electron chi connectivity index (χ0n) is 18.2. The number of para-hydroxylation sites is 1. The van der Waals surface area contributed by atoms with Crippen molar-refractivity contribution < 1.29 is 23.0 Å². The van der Waals surface area contributed by atoms with Crippen molar-refractivity contribution in [3.05, 3.63) is 65.9 Å². The lowest BCUT2D eigenvalue weighted by Gasteiger charge is -2.21. The minimum Gasteiger partial charge on any atom is -0.480 e. The topological polar surface area (TPSA) is 99.4 Å². The van der Waals surface area contributed by atoms with E-state index in [1.54, 1.807) is 37.4 Å². The molecule has 2 heterocycles. The molecule has 11 heteroatoms. The summed E-state index contributed by atoms with van der Waals surface area (Å²) in [5, 5.41) is 3.28. The first-order valence-electron chi connectivity index (χ1n) is 10.1. The molecular weight excluding hydrogens is 481 g/mol. The summed E-state index contributed by atoms with van der Waals surface area (Å²) in [6.45, 7) is 1.67. The number of rotatable bonds is 7. The standard InChI is InChI=1S/C23H21F2N4O3PS/c1-12(15-5-3-4-6-18(15)32-23(24,25)33)28-20(30)16-9-14(11-27-21(16)31-2)13-7-8-17-19(10-13)34-22(26)29-17/h3-12H,33H2,1-2H3,(H2,26,29)(H,28,30)/t12-/m0/s1. The van der Waals surface area contributed by atoms with E-state index in [1.807, 2.05) is 18.2 Å². The van der Waals surface area contributed by atoms with E-state index in [0.717, 1.165) is 15.8 Å². The van der Waals surface area contributed by atoms with Crippen LogP contribution in [0, 0.1) is 0 Å². The number of hydrogen-bond donors (Lipinski definition) is 2. The maximum Gasteiger partial charge on any atom is 0.408 e. The largest absolute Gasteiger partial charge is 0.480 e. The van der Waals surface area contributed by atoms with Crippen molar-refractivity contribution in [2.45, 2.75) is 18.8 Å². The lowest BCUT2D eigenvalue weighted by molar-refractivity contribution is -0.0899. The van der Waals surface area contributed by atoms with Gasteiger partial charge in [0.15, 0.2) is 5.13 Å². The maximum atomic E-state index is 13.4. The quantitative estimate of drug-likeness (QED) is 0.335. The monoisotopic (exact) mass is 502 g/mol. The maximum absolute atomic E-state index is 13.4. The number of carbonyl (C=O) groups excluding carboxylic acids is 1. The molecule has 176 valence electrons. The molecule has 2 aromatic heterocycles. The van der Waals surface area contributed by atoms with Crippen LogP contribution < -0.4 is 20.5 Å². The van der Waals surface area contributed by atoms with Crippen LogP contribution in [-0.2, 0) is 0 Å². The van der Waals surface area contributed by atoms with E-state index in [1.165, 1.54) is 33.8 Å². The molecule has 0 aliphatic heterocycles. The molecule has 0 saturated carbocycles. The summed E-state index contributed by atoms with van der Waals surface area (Å²) in [6.07, 6.45) is 1.61. The molecule has 2 atom stereocenters. The number of nitrogen functional groups attached to an aromatic ring is 1. The molecular formula is C23H21F2N4O3PS. The van der Waals surface area contributed by atoms with Crippen LogP contribution in [0.25, 0.3) is 21.3 Å². The summed E-state index contributed by atoms with van der Waals surface area (Å²) in [7, 11) is 2.75. The fourth-order valence-electron chi connectivity index (χ4n) is 3.49. The number of ether oxygens (including phenoxy) is 2. The van der Waals surface area contributed by atoms with E-state index in [0.29, 0.717) is 16.3 Å². The van der Waals surface area contributed by atoms with E-state index in [4.69, 9.17) is 15.2 Å². The third kappa shape index (κ3) is 5.24. The van der Waals surface area contributed by atoms with Crippen molar-refractivity contribution in [1.29, 1.82) is 0 Å². The third-order valence-corrected chi connectivity index (χ3v) is 5.97. The van der Waals surface area contributed by atoms with Crippen LogP contribution in [0.15, 0.2) is 54.7 Å². The second-order valence-corrected chi connectivity index (χ2v) is 9.15. The molecule has 0 spiro atoms. The minimum absolute atomic E-state index is 0.0359. The first-order valence-corrected chi connectivity index (χ1v) is 11.5. The smallest absolute Gasteiger partial charge is 0.408 e. The molecule has 0 aliphatic carbocycles. The number of benzene rings is 2. The number of carbonyl (C=O) groups is 1. The highest BCUT2D eigenvalue weighted by atomic mass is 32.1. The Hall–Kier alpha value is -3.36. The number of methoxy groups -OCH3 is 1. The zero-order valence-corrected chi connectivity index (χ0v) is 20.2. The van der Waals surface area contributed by atoms with E-state index in [-0.39, 0.29) is 17.2 Å². The van der Waals surface area contributed by atoms with Gasteiger partial charge in [0.1, 0.15) is 11.3 Å². The summed E-state index contributed by atoms with van der Waals surface area (Å²) < 4.78 is 37.7. The number of alkyl halides is 2. The predicted octanol–water partition coefficient (Wildman–Crippen LogP) is 5.24. The Bertz CT molecular complexity index is 1360.